The van der Waals surface area contributed by atoms with Crippen molar-refractivity contribution in [2.75, 3.05) is 7.11 Å². The maximum atomic E-state index is 12.5. The Morgan fingerprint density at radius 1 is 1.26 bits per heavy atom. The van der Waals surface area contributed by atoms with E-state index >= 15 is 0 Å². The van der Waals surface area contributed by atoms with Crippen molar-refractivity contribution < 1.29 is 9.53 Å². The van der Waals surface area contributed by atoms with Crippen molar-refractivity contribution in [3.8, 4) is 5.75 Å². The van der Waals surface area contributed by atoms with Crippen LogP contribution in [0.4, 0.5) is 0 Å². The molecule has 146 valence electrons. The number of aromatic nitrogens is 3. The van der Waals surface area contributed by atoms with Gasteiger partial charge in [0.25, 0.3) is 0 Å². The number of hydrogen-bond donors (Lipinski definition) is 1. The van der Waals surface area contributed by atoms with Gasteiger partial charge >= 0.3 is 0 Å². The molecule has 1 aromatic carbocycles. The normalized spacial score (nSPS) is 16.1. The first kappa shape index (κ1) is 19.7. The first-order chi connectivity index (χ1) is 13.1. The molecule has 0 bridgehead atoms. The third-order valence-corrected chi connectivity index (χ3v) is 6.11. The van der Waals surface area contributed by atoms with Gasteiger partial charge in [0.2, 0.25) is 5.91 Å². The molecule has 0 unspecified atom stereocenters. The number of benzene rings is 1. The Kier molecular flexibility index (Phi) is 6.77. The summed E-state index contributed by atoms with van der Waals surface area (Å²) in [5.41, 5.74) is 1.04. The minimum atomic E-state index is -0.228. The van der Waals surface area contributed by atoms with E-state index in [4.69, 9.17) is 4.74 Å². The lowest BCUT2D eigenvalue weighted by atomic mass is 9.95. The van der Waals surface area contributed by atoms with Crippen LogP contribution >= 0.6 is 11.8 Å². The number of methoxy groups -OCH3 is 1. The van der Waals surface area contributed by atoms with Gasteiger partial charge in [-0.05, 0) is 44.4 Å². The van der Waals surface area contributed by atoms with E-state index in [0.717, 1.165) is 22.3 Å². The molecule has 0 spiro atoms. The molecule has 1 aromatic heterocycles. The molecule has 2 aromatic rings. The van der Waals surface area contributed by atoms with E-state index in [2.05, 4.69) is 20.1 Å². The third-order valence-electron chi connectivity index (χ3n) is 5.05. The van der Waals surface area contributed by atoms with Gasteiger partial charge in [0, 0.05) is 12.6 Å². The Labute approximate surface area is 165 Å². The Hall–Kier alpha value is -2.02. The molecule has 1 amide bonds. The predicted octanol–water partition coefficient (Wildman–Crippen LogP) is 3.90. The SMILES string of the molecule is COc1ccc(CNC(=O)[C@@H](C)Sc2nnc(C)n2C2CCCCC2)cc1. The highest BCUT2D eigenvalue weighted by Crippen LogP contribution is 2.33. The summed E-state index contributed by atoms with van der Waals surface area (Å²) < 4.78 is 7.39. The molecule has 7 heteroatoms. The van der Waals surface area contributed by atoms with Crippen molar-refractivity contribution >= 4 is 17.7 Å². The van der Waals surface area contributed by atoms with Crippen molar-refractivity contribution in [2.45, 2.75) is 68.9 Å². The van der Waals surface area contributed by atoms with Gasteiger partial charge in [0.15, 0.2) is 5.16 Å². The lowest BCUT2D eigenvalue weighted by molar-refractivity contribution is -0.120. The van der Waals surface area contributed by atoms with Gasteiger partial charge in [-0.15, -0.1) is 10.2 Å². The Morgan fingerprint density at radius 3 is 2.63 bits per heavy atom. The van der Waals surface area contributed by atoms with Gasteiger partial charge in [0.1, 0.15) is 11.6 Å². The van der Waals surface area contributed by atoms with Crippen LogP contribution in [0.1, 0.15) is 56.5 Å². The largest absolute Gasteiger partial charge is 0.497 e. The lowest BCUT2D eigenvalue weighted by Gasteiger charge is -2.25. The Bertz CT molecular complexity index is 754. The van der Waals surface area contributed by atoms with Crippen LogP contribution in [0.25, 0.3) is 0 Å². The fourth-order valence-electron chi connectivity index (χ4n) is 3.48. The summed E-state index contributed by atoms with van der Waals surface area (Å²) in [4.78, 5) is 12.5. The average molecular weight is 389 g/mol. The predicted molar refractivity (Wildman–Crippen MR) is 107 cm³/mol. The Morgan fingerprint density at radius 2 is 1.96 bits per heavy atom. The number of amides is 1. The smallest absolute Gasteiger partial charge is 0.233 e. The fourth-order valence-corrected chi connectivity index (χ4v) is 4.47. The number of nitrogens with zero attached hydrogens (tertiary/aromatic N) is 3. The van der Waals surface area contributed by atoms with E-state index in [9.17, 15) is 4.79 Å². The van der Waals surface area contributed by atoms with E-state index < -0.39 is 0 Å². The summed E-state index contributed by atoms with van der Waals surface area (Å²) >= 11 is 1.49. The molecule has 27 heavy (non-hydrogen) atoms. The molecule has 1 fully saturated rings. The topological polar surface area (TPSA) is 69.0 Å². The maximum absolute atomic E-state index is 12.5. The van der Waals surface area contributed by atoms with Gasteiger partial charge in [-0.1, -0.05) is 43.2 Å². The molecule has 1 atom stereocenters. The van der Waals surface area contributed by atoms with Crippen molar-refractivity contribution in [3.05, 3.63) is 35.7 Å². The first-order valence-corrected chi connectivity index (χ1v) is 10.4. The molecule has 6 nitrogen and oxygen atoms in total. The molecule has 3 rings (SSSR count). The van der Waals surface area contributed by atoms with Crippen LogP contribution in [0.15, 0.2) is 29.4 Å². The highest BCUT2D eigenvalue weighted by Gasteiger charge is 2.24. The van der Waals surface area contributed by atoms with Crippen LogP contribution in [-0.4, -0.2) is 33.0 Å². The maximum Gasteiger partial charge on any atom is 0.233 e. The summed E-state index contributed by atoms with van der Waals surface area (Å²) in [5, 5.41) is 12.2. The van der Waals surface area contributed by atoms with Crippen molar-refractivity contribution in [2.24, 2.45) is 0 Å². The van der Waals surface area contributed by atoms with E-state index in [1.807, 2.05) is 38.1 Å². The number of nitrogens with one attached hydrogen (secondary N) is 1. The van der Waals surface area contributed by atoms with Crippen LogP contribution in [-0.2, 0) is 11.3 Å². The zero-order chi connectivity index (χ0) is 19.2. The standard InChI is InChI=1S/C20H28N4O2S/c1-14(19(25)21-13-16-9-11-18(26-3)12-10-16)27-20-23-22-15(2)24(20)17-7-5-4-6-8-17/h9-12,14,17H,4-8,13H2,1-3H3,(H,21,25)/t14-/m1/s1. The first-order valence-electron chi connectivity index (χ1n) is 9.57. The molecular formula is C20H28N4O2S. The van der Waals surface area contributed by atoms with Gasteiger partial charge in [-0.2, -0.15) is 0 Å². The molecule has 0 saturated heterocycles. The summed E-state index contributed by atoms with van der Waals surface area (Å²) in [6.45, 7) is 4.42. The second-order valence-electron chi connectivity index (χ2n) is 7.02. The third kappa shape index (κ3) is 5.03. The van der Waals surface area contributed by atoms with Crippen LogP contribution in [0.2, 0.25) is 0 Å². The quantitative estimate of drug-likeness (QED) is 0.729. The molecule has 0 aliphatic heterocycles. The molecule has 1 heterocycles. The van der Waals surface area contributed by atoms with Crippen molar-refractivity contribution in [3.63, 3.8) is 0 Å². The molecule has 1 saturated carbocycles. The lowest BCUT2D eigenvalue weighted by Crippen LogP contribution is -2.30. The number of rotatable bonds is 7. The van der Waals surface area contributed by atoms with Crippen LogP contribution in [0, 0.1) is 6.92 Å². The van der Waals surface area contributed by atoms with Gasteiger partial charge in [0.05, 0.1) is 12.4 Å². The Balaban J connectivity index is 1.57. The van der Waals surface area contributed by atoms with E-state index in [1.165, 1.54) is 43.9 Å². The fraction of sp³-hybridized carbons (Fsp3) is 0.550. The van der Waals surface area contributed by atoms with Gasteiger partial charge in [-0.3, -0.25) is 4.79 Å². The molecule has 1 aliphatic carbocycles. The number of hydrogen-bond acceptors (Lipinski definition) is 5. The van der Waals surface area contributed by atoms with Crippen LogP contribution < -0.4 is 10.1 Å². The highest BCUT2D eigenvalue weighted by molar-refractivity contribution is 8.00. The van der Waals surface area contributed by atoms with Crippen molar-refractivity contribution in [1.82, 2.24) is 20.1 Å². The summed E-state index contributed by atoms with van der Waals surface area (Å²) in [7, 11) is 1.64. The van der Waals surface area contributed by atoms with Gasteiger partial charge < -0.3 is 14.6 Å². The number of carbonyl (C=O) groups is 1. The molecule has 1 N–H and O–H groups in total. The minimum absolute atomic E-state index is 0.00617. The second kappa shape index (κ2) is 9.26. The number of carbonyl (C=O) groups excluding carboxylic acids is 1. The summed E-state index contributed by atoms with van der Waals surface area (Å²) in [6.07, 6.45) is 6.16. The summed E-state index contributed by atoms with van der Waals surface area (Å²) in [6, 6.07) is 8.18. The molecule has 0 radical (unpaired) electrons. The number of thioether (sulfide) groups is 1. The van der Waals surface area contributed by atoms with Crippen LogP contribution in [0.3, 0.4) is 0 Å². The second-order valence-corrected chi connectivity index (χ2v) is 8.33. The van der Waals surface area contributed by atoms with E-state index in [0.29, 0.717) is 12.6 Å². The molecule has 1 aliphatic rings. The average Bonchev–Trinajstić information content (AvgIpc) is 3.07. The van der Waals surface area contributed by atoms with Crippen LogP contribution in [0.5, 0.6) is 5.75 Å². The van der Waals surface area contributed by atoms with E-state index in [-0.39, 0.29) is 11.2 Å². The zero-order valence-electron chi connectivity index (χ0n) is 16.3. The van der Waals surface area contributed by atoms with Gasteiger partial charge in [-0.25, -0.2) is 0 Å². The minimum Gasteiger partial charge on any atom is -0.497 e. The monoisotopic (exact) mass is 388 g/mol. The zero-order valence-corrected chi connectivity index (χ0v) is 17.1. The highest BCUT2D eigenvalue weighted by atomic mass is 32.2. The number of ether oxygens (including phenoxy) is 1. The molecular weight excluding hydrogens is 360 g/mol. The summed E-state index contributed by atoms with van der Waals surface area (Å²) in [5.74, 6) is 1.76. The van der Waals surface area contributed by atoms with Crippen molar-refractivity contribution in [1.29, 1.82) is 0 Å². The number of aryl methyl sites for hydroxylation is 1. The van der Waals surface area contributed by atoms with E-state index in [1.54, 1.807) is 7.11 Å².